The maximum atomic E-state index is 13.2. The molecule has 0 aliphatic carbocycles. The Morgan fingerprint density at radius 1 is 0.783 bits per heavy atom. The highest BCUT2D eigenvalue weighted by molar-refractivity contribution is 5.67. The highest BCUT2D eigenvalue weighted by atomic mass is 19.1. The van der Waals surface area contributed by atoms with Crippen molar-refractivity contribution >= 4 is 5.69 Å². The van der Waals surface area contributed by atoms with Crippen molar-refractivity contribution in [3.63, 3.8) is 0 Å². The number of nitrogens with one attached hydrogen (secondary N) is 1. The molecule has 0 fully saturated rings. The van der Waals surface area contributed by atoms with Crippen LogP contribution < -0.4 is 5.32 Å². The first-order valence-corrected chi connectivity index (χ1v) is 6.35. The monoisotopic (exact) mass is 306 g/mol. The van der Waals surface area contributed by atoms with E-state index in [9.17, 15) is 8.78 Å². The van der Waals surface area contributed by atoms with Crippen LogP contribution in [0.25, 0.3) is 11.1 Å². The first kappa shape index (κ1) is 15.7. The van der Waals surface area contributed by atoms with Gasteiger partial charge in [-0.2, -0.15) is 15.8 Å². The second-order valence-corrected chi connectivity index (χ2v) is 4.45. The summed E-state index contributed by atoms with van der Waals surface area (Å²) in [5, 5.41) is 29.1. The van der Waals surface area contributed by atoms with Gasteiger partial charge in [-0.3, -0.25) is 0 Å². The van der Waals surface area contributed by atoms with Gasteiger partial charge in [-0.25, -0.2) is 8.78 Å². The molecule has 0 bridgehead atoms. The zero-order valence-electron chi connectivity index (χ0n) is 11.6. The number of halogens is 2. The lowest BCUT2D eigenvalue weighted by atomic mass is 10.0. The van der Waals surface area contributed by atoms with Crippen LogP contribution >= 0.6 is 0 Å². The third kappa shape index (κ3) is 3.69. The second-order valence-electron chi connectivity index (χ2n) is 4.45. The highest BCUT2D eigenvalue weighted by Gasteiger charge is 2.07. The predicted molar refractivity (Wildman–Crippen MR) is 79.3 cm³/mol. The third-order valence-corrected chi connectivity index (χ3v) is 2.94. The fourth-order valence-corrected chi connectivity index (χ4v) is 1.89. The predicted octanol–water partition coefficient (Wildman–Crippen LogP) is 3.87. The minimum Gasteiger partial charge on any atom is -0.345 e. The van der Waals surface area contributed by atoms with Crippen LogP contribution in [0.1, 0.15) is 0 Å². The van der Waals surface area contributed by atoms with Crippen molar-refractivity contribution in [3.05, 3.63) is 65.4 Å². The van der Waals surface area contributed by atoms with E-state index in [2.05, 4.69) is 5.32 Å². The fraction of sp³-hybridized carbons (Fsp3) is 0. The normalized spacial score (nSPS) is 9.17. The molecule has 0 aliphatic rings. The van der Waals surface area contributed by atoms with Gasteiger partial charge in [0, 0.05) is 11.8 Å². The lowest BCUT2D eigenvalue weighted by molar-refractivity contribution is 0.584. The topological polar surface area (TPSA) is 83.4 Å². The summed E-state index contributed by atoms with van der Waals surface area (Å²) in [5.74, 6) is -1.35. The lowest BCUT2D eigenvalue weighted by Crippen LogP contribution is -2.00. The standard InChI is InChI=1S/C17H8F2N4/c18-14-5-12(6-15(19)7-14)11-1-3-16(4-2-11)23-17(10-22)13(8-20)9-21/h1-7,23H. The summed E-state index contributed by atoms with van der Waals surface area (Å²) in [7, 11) is 0. The Hall–Kier alpha value is -3.69. The van der Waals surface area contributed by atoms with Gasteiger partial charge in [0.15, 0.2) is 5.57 Å². The van der Waals surface area contributed by atoms with Gasteiger partial charge in [0.1, 0.15) is 35.5 Å². The Kier molecular flexibility index (Phi) is 4.67. The molecule has 2 aromatic carbocycles. The van der Waals surface area contributed by atoms with Crippen LogP contribution in [0, 0.1) is 45.6 Å². The number of rotatable bonds is 3. The average Bonchev–Trinajstić information content (AvgIpc) is 2.54. The summed E-state index contributed by atoms with van der Waals surface area (Å²) in [6.07, 6.45) is 0. The molecule has 0 aromatic heterocycles. The van der Waals surface area contributed by atoms with E-state index < -0.39 is 11.6 Å². The number of benzene rings is 2. The van der Waals surface area contributed by atoms with Crippen LogP contribution in [0.2, 0.25) is 0 Å². The summed E-state index contributed by atoms with van der Waals surface area (Å²) in [6, 6.07) is 14.5. The molecular formula is C17H8F2N4. The first-order chi connectivity index (χ1) is 11.1. The zero-order chi connectivity index (χ0) is 16.8. The van der Waals surface area contributed by atoms with Gasteiger partial charge in [0.05, 0.1) is 0 Å². The second kappa shape index (κ2) is 6.85. The molecule has 6 heteroatoms. The molecule has 2 rings (SSSR count). The molecule has 1 N–H and O–H groups in total. The van der Waals surface area contributed by atoms with Gasteiger partial charge >= 0.3 is 0 Å². The number of anilines is 1. The molecule has 0 aliphatic heterocycles. The number of nitrogens with zero attached hydrogens (tertiary/aromatic N) is 3. The van der Waals surface area contributed by atoms with Gasteiger partial charge in [0.25, 0.3) is 0 Å². The molecule has 0 unspecified atom stereocenters. The fourth-order valence-electron chi connectivity index (χ4n) is 1.89. The zero-order valence-corrected chi connectivity index (χ0v) is 11.6. The SMILES string of the molecule is N#CC(C#N)=C(C#N)Nc1ccc(-c2cc(F)cc(F)c2)cc1. The minimum absolute atomic E-state index is 0.167. The number of hydrogen-bond acceptors (Lipinski definition) is 4. The van der Waals surface area contributed by atoms with Gasteiger partial charge in [-0.1, -0.05) is 12.1 Å². The summed E-state index contributed by atoms with van der Waals surface area (Å²) in [4.78, 5) is 0. The largest absolute Gasteiger partial charge is 0.345 e. The number of hydrogen-bond donors (Lipinski definition) is 1. The highest BCUT2D eigenvalue weighted by Crippen LogP contribution is 2.24. The molecule has 0 spiro atoms. The molecule has 23 heavy (non-hydrogen) atoms. The van der Waals surface area contributed by atoms with Crippen molar-refractivity contribution in [2.45, 2.75) is 0 Å². The van der Waals surface area contributed by atoms with Gasteiger partial charge < -0.3 is 5.32 Å². The van der Waals surface area contributed by atoms with E-state index in [1.807, 2.05) is 0 Å². The van der Waals surface area contributed by atoms with Crippen molar-refractivity contribution in [1.82, 2.24) is 0 Å². The molecule has 0 heterocycles. The molecular weight excluding hydrogens is 298 g/mol. The average molecular weight is 306 g/mol. The molecule has 4 nitrogen and oxygen atoms in total. The quantitative estimate of drug-likeness (QED) is 0.872. The van der Waals surface area contributed by atoms with E-state index in [1.165, 1.54) is 12.1 Å². The van der Waals surface area contributed by atoms with Crippen molar-refractivity contribution in [1.29, 1.82) is 15.8 Å². The summed E-state index contributed by atoms with van der Waals surface area (Å²) >= 11 is 0. The molecule has 0 saturated heterocycles. The van der Waals surface area contributed by atoms with Crippen molar-refractivity contribution in [2.24, 2.45) is 0 Å². The Morgan fingerprint density at radius 2 is 1.35 bits per heavy atom. The minimum atomic E-state index is -0.676. The smallest absolute Gasteiger partial charge is 0.163 e. The van der Waals surface area contributed by atoms with E-state index in [4.69, 9.17) is 15.8 Å². The Balaban J connectivity index is 2.31. The van der Waals surface area contributed by atoms with E-state index in [0.717, 1.165) is 6.07 Å². The van der Waals surface area contributed by atoms with E-state index >= 15 is 0 Å². The summed E-state index contributed by atoms with van der Waals surface area (Å²) in [6.45, 7) is 0. The summed E-state index contributed by atoms with van der Waals surface area (Å²) in [5.41, 5.74) is 0.922. The summed E-state index contributed by atoms with van der Waals surface area (Å²) < 4.78 is 26.4. The Bertz CT molecular complexity index is 858. The first-order valence-electron chi connectivity index (χ1n) is 6.35. The van der Waals surface area contributed by atoms with Crippen LogP contribution in [-0.4, -0.2) is 0 Å². The van der Waals surface area contributed by atoms with Crippen LogP contribution in [0.3, 0.4) is 0 Å². The Labute approximate surface area is 131 Å². The molecule has 0 radical (unpaired) electrons. The van der Waals surface area contributed by atoms with Crippen molar-refractivity contribution < 1.29 is 8.78 Å². The van der Waals surface area contributed by atoms with Crippen LogP contribution in [0.15, 0.2) is 53.7 Å². The van der Waals surface area contributed by atoms with Gasteiger partial charge in [-0.15, -0.1) is 0 Å². The number of allylic oxidation sites excluding steroid dienone is 2. The van der Waals surface area contributed by atoms with Crippen molar-refractivity contribution in [2.75, 3.05) is 5.32 Å². The number of nitriles is 3. The molecule has 0 saturated carbocycles. The van der Waals surface area contributed by atoms with E-state index in [1.54, 1.807) is 42.5 Å². The maximum absolute atomic E-state index is 13.2. The molecule has 0 amide bonds. The Morgan fingerprint density at radius 3 is 1.83 bits per heavy atom. The molecule has 110 valence electrons. The molecule has 0 atom stereocenters. The molecule has 2 aromatic rings. The van der Waals surface area contributed by atoms with Crippen LogP contribution in [0.4, 0.5) is 14.5 Å². The van der Waals surface area contributed by atoms with Gasteiger partial charge in [-0.05, 0) is 35.4 Å². The van der Waals surface area contributed by atoms with Gasteiger partial charge in [0.2, 0.25) is 0 Å². The van der Waals surface area contributed by atoms with E-state index in [0.29, 0.717) is 16.8 Å². The van der Waals surface area contributed by atoms with Crippen LogP contribution in [0.5, 0.6) is 0 Å². The third-order valence-electron chi connectivity index (χ3n) is 2.94. The van der Waals surface area contributed by atoms with Crippen LogP contribution in [-0.2, 0) is 0 Å². The maximum Gasteiger partial charge on any atom is 0.163 e. The van der Waals surface area contributed by atoms with Crippen molar-refractivity contribution in [3.8, 4) is 29.3 Å². The van der Waals surface area contributed by atoms with E-state index in [-0.39, 0.29) is 11.3 Å². The lowest BCUT2D eigenvalue weighted by Gasteiger charge is -2.07.